The molecular weight excluding hydrogens is 418 g/mol. The SMILES string of the molecule is O=C(/C=C/c1ccc(-c2ccc(Br)cc2)o1)c1ccc(N2CCOCC2)cc1. The second-order valence-electron chi connectivity index (χ2n) is 6.55. The van der Waals surface area contributed by atoms with Crippen molar-refractivity contribution < 1.29 is 13.9 Å². The quantitative estimate of drug-likeness (QED) is 0.393. The number of nitrogens with zero attached hydrogens (tertiary/aromatic N) is 1. The van der Waals surface area contributed by atoms with Crippen LogP contribution in [0.25, 0.3) is 17.4 Å². The Bertz CT molecular complexity index is 968. The van der Waals surface area contributed by atoms with E-state index in [0.717, 1.165) is 47.8 Å². The number of carbonyl (C=O) groups is 1. The molecular formula is C23H20BrNO3. The second-order valence-corrected chi connectivity index (χ2v) is 7.47. The molecule has 2 heterocycles. The van der Waals surface area contributed by atoms with Crippen LogP contribution in [0.1, 0.15) is 16.1 Å². The number of hydrogen-bond donors (Lipinski definition) is 0. The maximum absolute atomic E-state index is 12.5. The molecule has 0 spiro atoms. The molecule has 0 atom stereocenters. The fourth-order valence-corrected chi connectivity index (χ4v) is 3.39. The summed E-state index contributed by atoms with van der Waals surface area (Å²) < 4.78 is 12.2. The van der Waals surface area contributed by atoms with Gasteiger partial charge in [-0.2, -0.15) is 0 Å². The predicted octanol–water partition coefficient (Wildman–Crippen LogP) is 5.44. The van der Waals surface area contributed by atoms with Crippen LogP contribution in [0.2, 0.25) is 0 Å². The van der Waals surface area contributed by atoms with Gasteiger partial charge in [-0.05, 0) is 60.7 Å². The molecule has 0 unspecified atom stereocenters. The van der Waals surface area contributed by atoms with E-state index in [0.29, 0.717) is 11.3 Å². The molecule has 142 valence electrons. The Labute approximate surface area is 172 Å². The van der Waals surface area contributed by atoms with E-state index in [4.69, 9.17) is 9.15 Å². The van der Waals surface area contributed by atoms with E-state index in [1.165, 1.54) is 0 Å². The van der Waals surface area contributed by atoms with Crippen LogP contribution >= 0.6 is 15.9 Å². The smallest absolute Gasteiger partial charge is 0.185 e. The third-order valence-electron chi connectivity index (χ3n) is 4.68. The second kappa shape index (κ2) is 8.59. The number of benzene rings is 2. The van der Waals surface area contributed by atoms with E-state index in [2.05, 4.69) is 20.8 Å². The van der Waals surface area contributed by atoms with Crippen LogP contribution in [0.4, 0.5) is 5.69 Å². The van der Waals surface area contributed by atoms with Gasteiger partial charge in [0, 0.05) is 34.4 Å². The lowest BCUT2D eigenvalue weighted by atomic mass is 10.1. The van der Waals surface area contributed by atoms with Crippen molar-refractivity contribution in [3.8, 4) is 11.3 Å². The maximum Gasteiger partial charge on any atom is 0.185 e. The van der Waals surface area contributed by atoms with Gasteiger partial charge in [0.1, 0.15) is 11.5 Å². The zero-order valence-corrected chi connectivity index (χ0v) is 16.9. The number of allylic oxidation sites excluding steroid dienone is 1. The molecule has 4 nitrogen and oxygen atoms in total. The van der Waals surface area contributed by atoms with Crippen LogP contribution in [-0.4, -0.2) is 32.1 Å². The largest absolute Gasteiger partial charge is 0.457 e. The maximum atomic E-state index is 12.5. The lowest BCUT2D eigenvalue weighted by Gasteiger charge is -2.28. The number of morpholine rings is 1. The number of furan rings is 1. The highest BCUT2D eigenvalue weighted by Gasteiger charge is 2.11. The van der Waals surface area contributed by atoms with Gasteiger partial charge in [0.2, 0.25) is 0 Å². The minimum Gasteiger partial charge on any atom is -0.457 e. The summed E-state index contributed by atoms with van der Waals surface area (Å²) in [6, 6.07) is 19.4. The summed E-state index contributed by atoms with van der Waals surface area (Å²) in [4.78, 5) is 14.7. The fraction of sp³-hybridized carbons (Fsp3) is 0.174. The molecule has 1 aromatic heterocycles. The third kappa shape index (κ3) is 4.43. The molecule has 1 aliphatic heterocycles. The van der Waals surface area contributed by atoms with Gasteiger partial charge in [0.15, 0.2) is 5.78 Å². The Morgan fingerprint density at radius 2 is 1.64 bits per heavy atom. The number of hydrogen-bond acceptors (Lipinski definition) is 4. The van der Waals surface area contributed by atoms with Gasteiger partial charge in [-0.25, -0.2) is 0 Å². The van der Waals surface area contributed by atoms with Crippen molar-refractivity contribution in [2.24, 2.45) is 0 Å². The summed E-state index contributed by atoms with van der Waals surface area (Å²) in [5.74, 6) is 1.38. The molecule has 1 aliphatic rings. The molecule has 0 N–H and O–H groups in total. The molecule has 3 aromatic rings. The van der Waals surface area contributed by atoms with Gasteiger partial charge in [-0.1, -0.05) is 28.1 Å². The highest BCUT2D eigenvalue weighted by molar-refractivity contribution is 9.10. The van der Waals surface area contributed by atoms with Gasteiger partial charge in [0.05, 0.1) is 13.2 Å². The minimum atomic E-state index is -0.0462. The zero-order valence-electron chi connectivity index (χ0n) is 15.3. The van der Waals surface area contributed by atoms with E-state index >= 15 is 0 Å². The molecule has 4 rings (SSSR count). The highest BCUT2D eigenvalue weighted by atomic mass is 79.9. The molecule has 0 amide bonds. The number of anilines is 1. The van der Waals surface area contributed by atoms with Gasteiger partial charge in [-0.15, -0.1) is 0 Å². The summed E-state index contributed by atoms with van der Waals surface area (Å²) in [6.45, 7) is 3.25. The molecule has 0 aliphatic carbocycles. The number of halogens is 1. The molecule has 28 heavy (non-hydrogen) atoms. The third-order valence-corrected chi connectivity index (χ3v) is 5.21. The molecule has 1 fully saturated rings. The van der Waals surface area contributed by atoms with Gasteiger partial charge in [0.25, 0.3) is 0 Å². The Kier molecular flexibility index (Phi) is 5.74. The normalized spacial score (nSPS) is 14.5. The van der Waals surface area contributed by atoms with Crippen LogP contribution < -0.4 is 4.90 Å². The van der Waals surface area contributed by atoms with Crippen molar-refractivity contribution in [1.29, 1.82) is 0 Å². The van der Waals surface area contributed by atoms with E-state index in [1.54, 1.807) is 12.2 Å². The van der Waals surface area contributed by atoms with Gasteiger partial charge in [-0.3, -0.25) is 4.79 Å². The van der Waals surface area contributed by atoms with Crippen LogP contribution in [0.5, 0.6) is 0 Å². The summed E-state index contributed by atoms with van der Waals surface area (Å²) in [7, 11) is 0. The van der Waals surface area contributed by atoms with E-state index in [9.17, 15) is 4.79 Å². The van der Waals surface area contributed by atoms with Crippen molar-refractivity contribution >= 4 is 33.5 Å². The van der Waals surface area contributed by atoms with E-state index in [-0.39, 0.29) is 5.78 Å². The average molecular weight is 438 g/mol. The Hall–Kier alpha value is -2.63. The molecule has 5 heteroatoms. The summed E-state index contributed by atoms with van der Waals surface area (Å²) in [5, 5.41) is 0. The van der Waals surface area contributed by atoms with Crippen molar-refractivity contribution in [3.63, 3.8) is 0 Å². The summed E-state index contributed by atoms with van der Waals surface area (Å²) >= 11 is 3.43. The lowest BCUT2D eigenvalue weighted by Crippen LogP contribution is -2.36. The average Bonchev–Trinajstić information content (AvgIpc) is 3.22. The lowest BCUT2D eigenvalue weighted by molar-refractivity contribution is 0.104. The first kappa shape index (κ1) is 18.7. The molecule has 2 aromatic carbocycles. The molecule has 0 saturated carbocycles. The number of ketones is 1. The first-order valence-electron chi connectivity index (χ1n) is 9.20. The summed E-state index contributed by atoms with van der Waals surface area (Å²) in [6.07, 6.45) is 3.26. The van der Waals surface area contributed by atoms with Crippen molar-refractivity contribution in [1.82, 2.24) is 0 Å². The monoisotopic (exact) mass is 437 g/mol. The topological polar surface area (TPSA) is 42.7 Å². The predicted molar refractivity (Wildman–Crippen MR) is 115 cm³/mol. The highest BCUT2D eigenvalue weighted by Crippen LogP contribution is 2.24. The van der Waals surface area contributed by atoms with Crippen molar-refractivity contribution in [3.05, 3.63) is 82.5 Å². The van der Waals surface area contributed by atoms with Gasteiger partial charge < -0.3 is 14.1 Å². The molecule has 0 bridgehead atoms. The Morgan fingerprint density at radius 1 is 0.929 bits per heavy atom. The standard InChI is InChI=1S/C23H20BrNO3/c24-19-5-1-18(2-6-19)23-12-10-21(28-23)9-11-22(26)17-3-7-20(8-4-17)25-13-15-27-16-14-25/h1-12H,13-16H2/b11-9+. The van der Waals surface area contributed by atoms with Crippen LogP contribution in [0.15, 0.2) is 75.6 Å². The first-order chi connectivity index (χ1) is 13.7. The van der Waals surface area contributed by atoms with Crippen LogP contribution in [0, 0.1) is 0 Å². The summed E-state index contributed by atoms with van der Waals surface area (Å²) in [5.41, 5.74) is 2.77. The van der Waals surface area contributed by atoms with Crippen LogP contribution in [0.3, 0.4) is 0 Å². The first-order valence-corrected chi connectivity index (χ1v) is 9.99. The van der Waals surface area contributed by atoms with E-state index in [1.807, 2.05) is 60.7 Å². The fourth-order valence-electron chi connectivity index (χ4n) is 3.12. The van der Waals surface area contributed by atoms with Gasteiger partial charge >= 0.3 is 0 Å². The van der Waals surface area contributed by atoms with E-state index < -0.39 is 0 Å². The number of ether oxygens (including phenoxy) is 1. The Morgan fingerprint density at radius 3 is 2.36 bits per heavy atom. The van der Waals surface area contributed by atoms with Crippen LogP contribution in [-0.2, 0) is 4.74 Å². The number of carbonyl (C=O) groups excluding carboxylic acids is 1. The molecule has 1 saturated heterocycles. The Balaban J connectivity index is 1.42. The number of rotatable bonds is 5. The molecule has 0 radical (unpaired) electrons. The minimum absolute atomic E-state index is 0.0462. The van der Waals surface area contributed by atoms with Crippen molar-refractivity contribution in [2.75, 3.05) is 31.2 Å². The van der Waals surface area contributed by atoms with Crippen molar-refractivity contribution in [2.45, 2.75) is 0 Å². The zero-order chi connectivity index (χ0) is 19.3.